The van der Waals surface area contributed by atoms with E-state index in [1.54, 1.807) is 7.11 Å². The molecule has 0 unspecified atom stereocenters. The van der Waals surface area contributed by atoms with Crippen molar-refractivity contribution in [2.24, 2.45) is 0 Å². The minimum atomic E-state index is 0.923. The molecule has 0 atom stereocenters. The molecule has 0 amide bonds. The van der Waals surface area contributed by atoms with Crippen LogP contribution in [0.2, 0.25) is 0 Å². The van der Waals surface area contributed by atoms with E-state index in [4.69, 9.17) is 4.74 Å². The summed E-state index contributed by atoms with van der Waals surface area (Å²) in [7, 11) is 1.70. The molecular formula is C13H18O. The van der Waals surface area contributed by atoms with Crippen LogP contribution in [0.1, 0.15) is 24.5 Å². The van der Waals surface area contributed by atoms with Gasteiger partial charge in [0.15, 0.2) is 0 Å². The van der Waals surface area contributed by atoms with Crippen molar-refractivity contribution in [1.29, 1.82) is 0 Å². The van der Waals surface area contributed by atoms with E-state index >= 15 is 0 Å². The number of benzene rings is 1. The van der Waals surface area contributed by atoms with Crippen molar-refractivity contribution in [3.8, 4) is 5.75 Å². The molecule has 0 spiro atoms. The van der Waals surface area contributed by atoms with Crippen LogP contribution in [0.4, 0.5) is 0 Å². The van der Waals surface area contributed by atoms with Crippen LogP contribution in [-0.4, -0.2) is 7.11 Å². The van der Waals surface area contributed by atoms with Gasteiger partial charge in [-0.2, -0.15) is 0 Å². The minimum Gasteiger partial charge on any atom is -0.497 e. The standard InChI is InChI=1S/C13H18O/c1-4-6-11-8-9-13(14-3)10-12(11)7-5-2/h5,8-10H,2,4,6-7H2,1,3H3. The van der Waals surface area contributed by atoms with E-state index in [0.717, 1.165) is 18.6 Å². The highest BCUT2D eigenvalue weighted by molar-refractivity contribution is 5.36. The zero-order chi connectivity index (χ0) is 10.4. The van der Waals surface area contributed by atoms with Crippen LogP contribution in [0.3, 0.4) is 0 Å². The average Bonchev–Trinajstić information content (AvgIpc) is 2.21. The lowest BCUT2D eigenvalue weighted by Gasteiger charge is -2.08. The van der Waals surface area contributed by atoms with Crippen molar-refractivity contribution in [2.45, 2.75) is 26.2 Å². The fourth-order valence-electron chi connectivity index (χ4n) is 1.59. The lowest BCUT2D eigenvalue weighted by atomic mass is 10.0. The Morgan fingerprint density at radius 3 is 2.71 bits per heavy atom. The molecule has 1 aromatic carbocycles. The maximum absolute atomic E-state index is 5.20. The van der Waals surface area contributed by atoms with E-state index in [0.29, 0.717) is 0 Å². The van der Waals surface area contributed by atoms with Crippen LogP contribution in [0.5, 0.6) is 5.75 Å². The summed E-state index contributed by atoms with van der Waals surface area (Å²) in [5, 5.41) is 0. The van der Waals surface area contributed by atoms with Crippen LogP contribution >= 0.6 is 0 Å². The third-order valence-corrected chi connectivity index (χ3v) is 2.30. The van der Waals surface area contributed by atoms with Crippen molar-refractivity contribution in [3.05, 3.63) is 42.0 Å². The maximum atomic E-state index is 5.20. The zero-order valence-corrected chi connectivity index (χ0v) is 9.05. The van der Waals surface area contributed by atoms with Crippen LogP contribution < -0.4 is 4.74 Å². The van der Waals surface area contributed by atoms with Gasteiger partial charge in [-0.25, -0.2) is 0 Å². The van der Waals surface area contributed by atoms with Gasteiger partial charge in [-0.1, -0.05) is 25.5 Å². The molecule has 0 N–H and O–H groups in total. The Morgan fingerprint density at radius 1 is 1.36 bits per heavy atom. The Balaban J connectivity index is 2.96. The lowest BCUT2D eigenvalue weighted by molar-refractivity contribution is 0.414. The molecule has 0 aliphatic rings. The highest BCUT2D eigenvalue weighted by atomic mass is 16.5. The first-order chi connectivity index (χ1) is 6.81. The minimum absolute atomic E-state index is 0.923. The maximum Gasteiger partial charge on any atom is 0.119 e. The van der Waals surface area contributed by atoms with Gasteiger partial charge < -0.3 is 4.74 Å². The first-order valence-corrected chi connectivity index (χ1v) is 5.08. The van der Waals surface area contributed by atoms with Gasteiger partial charge in [0, 0.05) is 0 Å². The first kappa shape index (κ1) is 10.8. The molecule has 0 fully saturated rings. The third kappa shape index (κ3) is 2.63. The van der Waals surface area contributed by atoms with E-state index in [2.05, 4.69) is 25.6 Å². The monoisotopic (exact) mass is 190 g/mol. The summed E-state index contributed by atoms with van der Waals surface area (Å²) in [6, 6.07) is 6.28. The van der Waals surface area contributed by atoms with Crippen LogP contribution in [-0.2, 0) is 12.8 Å². The van der Waals surface area contributed by atoms with Crippen molar-refractivity contribution < 1.29 is 4.74 Å². The molecule has 0 aliphatic carbocycles. The normalized spacial score (nSPS) is 9.86. The topological polar surface area (TPSA) is 9.23 Å². The van der Waals surface area contributed by atoms with Crippen LogP contribution in [0, 0.1) is 0 Å². The Hall–Kier alpha value is -1.24. The van der Waals surface area contributed by atoms with Crippen molar-refractivity contribution in [2.75, 3.05) is 7.11 Å². The molecule has 0 heterocycles. The SMILES string of the molecule is C=CCc1cc(OC)ccc1CCC. The molecule has 0 bridgehead atoms. The molecule has 1 heteroatoms. The zero-order valence-electron chi connectivity index (χ0n) is 9.05. The Labute approximate surface area is 86.4 Å². The third-order valence-electron chi connectivity index (χ3n) is 2.30. The molecule has 1 rings (SSSR count). The molecule has 0 radical (unpaired) electrons. The van der Waals surface area contributed by atoms with Gasteiger partial charge in [-0.05, 0) is 36.1 Å². The van der Waals surface area contributed by atoms with E-state index in [1.807, 2.05) is 12.1 Å². The summed E-state index contributed by atoms with van der Waals surface area (Å²) in [4.78, 5) is 0. The molecular weight excluding hydrogens is 172 g/mol. The quantitative estimate of drug-likeness (QED) is 0.647. The highest BCUT2D eigenvalue weighted by Crippen LogP contribution is 2.19. The van der Waals surface area contributed by atoms with Gasteiger partial charge in [0.1, 0.15) is 5.75 Å². The second kappa shape index (κ2) is 5.48. The number of allylic oxidation sites excluding steroid dienone is 1. The Bertz CT molecular complexity index is 302. The first-order valence-electron chi connectivity index (χ1n) is 5.08. The number of ether oxygens (including phenoxy) is 1. The largest absolute Gasteiger partial charge is 0.497 e. The summed E-state index contributed by atoms with van der Waals surface area (Å²) in [5.41, 5.74) is 2.74. The summed E-state index contributed by atoms with van der Waals surface area (Å²) in [5.74, 6) is 0.932. The Morgan fingerprint density at radius 2 is 2.14 bits per heavy atom. The molecule has 14 heavy (non-hydrogen) atoms. The fourth-order valence-corrected chi connectivity index (χ4v) is 1.59. The van der Waals surface area contributed by atoms with Crippen molar-refractivity contribution in [3.63, 3.8) is 0 Å². The predicted molar refractivity (Wildman–Crippen MR) is 60.9 cm³/mol. The van der Waals surface area contributed by atoms with Crippen LogP contribution in [0.15, 0.2) is 30.9 Å². The van der Waals surface area contributed by atoms with E-state index in [1.165, 1.54) is 17.5 Å². The van der Waals surface area contributed by atoms with Gasteiger partial charge in [0.25, 0.3) is 0 Å². The molecule has 0 aromatic heterocycles. The molecule has 1 nitrogen and oxygen atoms in total. The predicted octanol–water partition coefficient (Wildman–Crippen LogP) is 3.38. The van der Waals surface area contributed by atoms with E-state index in [9.17, 15) is 0 Å². The van der Waals surface area contributed by atoms with Gasteiger partial charge in [-0.3, -0.25) is 0 Å². The highest BCUT2D eigenvalue weighted by Gasteiger charge is 2.01. The molecule has 0 saturated carbocycles. The van der Waals surface area contributed by atoms with Gasteiger partial charge in [0.2, 0.25) is 0 Å². The smallest absolute Gasteiger partial charge is 0.119 e. The lowest BCUT2D eigenvalue weighted by Crippen LogP contribution is -1.94. The second-order valence-corrected chi connectivity index (χ2v) is 3.38. The van der Waals surface area contributed by atoms with Gasteiger partial charge in [-0.15, -0.1) is 6.58 Å². The van der Waals surface area contributed by atoms with Gasteiger partial charge in [0.05, 0.1) is 7.11 Å². The average molecular weight is 190 g/mol. The Kier molecular flexibility index (Phi) is 4.24. The summed E-state index contributed by atoms with van der Waals surface area (Å²) in [6.07, 6.45) is 5.17. The van der Waals surface area contributed by atoms with Gasteiger partial charge >= 0.3 is 0 Å². The van der Waals surface area contributed by atoms with Crippen LogP contribution in [0.25, 0.3) is 0 Å². The number of rotatable bonds is 5. The number of hydrogen-bond donors (Lipinski definition) is 0. The van der Waals surface area contributed by atoms with Crippen molar-refractivity contribution >= 4 is 0 Å². The second-order valence-electron chi connectivity index (χ2n) is 3.38. The summed E-state index contributed by atoms with van der Waals surface area (Å²) in [6.45, 7) is 5.97. The molecule has 0 aliphatic heterocycles. The fraction of sp³-hybridized carbons (Fsp3) is 0.385. The van der Waals surface area contributed by atoms with E-state index < -0.39 is 0 Å². The molecule has 0 saturated heterocycles. The summed E-state index contributed by atoms with van der Waals surface area (Å²) >= 11 is 0. The number of aryl methyl sites for hydroxylation is 1. The van der Waals surface area contributed by atoms with Crippen molar-refractivity contribution in [1.82, 2.24) is 0 Å². The molecule has 1 aromatic rings. The molecule has 76 valence electrons. The van der Waals surface area contributed by atoms with E-state index in [-0.39, 0.29) is 0 Å². The number of methoxy groups -OCH3 is 1. The number of hydrogen-bond acceptors (Lipinski definition) is 1. The summed E-state index contributed by atoms with van der Waals surface area (Å²) < 4.78 is 5.20.